The molecule has 7 nitrogen and oxygen atoms in total. The number of carbonyl (C=O) groups excluding carboxylic acids is 1. The number of anilines is 1. The Kier molecular flexibility index (Phi) is 5.19. The second kappa shape index (κ2) is 7.79. The number of ether oxygens (including phenoxy) is 1. The first-order chi connectivity index (χ1) is 14.0. The molecule has 1 aromatic heterocycles. The van der Waals surface area contributed by atoms with E-state index in [2.05, 4.69) is 20.9 Å². The number of rotatable bonds is 4. The molecule has 4 rings (SSSR count). The highest BCUT2D eigenvalue weighted by atomic mass is 32.2. The van der Waals surface area contributed by atoms with Gasteiger partial charge in [0.1, 0.15) is 16.8 Å². The van der Waals surface area contributed by atoms with Crippen LogP contribution in [-0.4, -0.2) is 33.1 Å². The van der Waals surface area contributed by atoms with Crippen molar-refractivity contribution in [2.45, 2.75) is 37.2 Å². The third kappa shape index (κ3) is 3.67. The van der Waals surface area contributed by atoms with Gasteiger partial charge in [-0.25, -0.2) is 4.68 Å². The van der Waals surface area contributed by atoms with Crippen molar-refractivity contribution in [2.75, 3.05) is 17.9 Å². The van der Waals surface area contributed by atoms with Gasteiger partial charge in [0, 0.05) is 5.69 Å². The number of thioether (sulfide) groups is 1. The van der Waals surface area contributed by atoms with Gasteiger partial charge in [-0.15, -0.1) is 10.2 Å². The van der Waals surface area contributed by atoms with Gasteiger partial charge >= 0.3 is 0 Å². The number of nitrogens with zero attached hydrogens (tertiary/aromatic N) is 3. The van der Waals surface area contributed by atoms with Crippen molar-refractivity contribution in [2.24, 2.45) is 0 Å². The maximum absolute atomic E-state index is 13.3. The Labute approximate surface area is 173 Å². The van der Waals surface area contributed by atoms with Gasteiger partial charge in [-0.1, -0.05) is 36.0 Å². The molecule has 0 saturated carbocycles. The lowest BCUT2D eigenvalue weighted by atomic mass is 10.0. The molecule has 0 radical (unpaired) electrons. The van der Waals surface area contributed by atoms with E-state index in [1.54, 1.807) is 7.11 Å². The van der Waals surface area contributed by atoms with Gasteiger partial charge in [0.05, 0.1) is 13.2 Å². The van der Waals surface area contributed by atoms with Crippen LogP contribution >= 0.6 is 11.8 Å². The van der Waals surface area contributed by atoms with Crippen LogP contribution in [0.5, 0.6) is 5.75 Å². The number of fused-ring (bicyclic) bond motifs is 1. The summed E-state index contributed by atoms with van der Waals surface area (Å²) in [6, 6.07) is 13.4. The molecule has 0 bridgehead atoms. The van der Waals surface area contributed by atoms with Crippen LogP contribution in [0.25, 0.3) is 0 Å². The number of methoxy groups -OCH3 is 1. The first-order valence-electron chi connectivity index (χ1n) is 9.34. The van der Waals surface area contributed by atoms with Crippen molar-refractivity contribution in [3.63, 3.8) is 0 Å². The maximum Gasteiger partial charge on any atom is 0.240 e. The Morgan fingerprint density at radius 1 is 1.14 bits per heavy atom. The van der Waals surface area contributed by atoms with Crippen molar-refractivity contribution in [3.8, 4) is 5.75 Å². The quantitative estimate of drug-likeness (QED) is 0.685. The Morgan fingerprint density at radius 3 is 2.62 bits per heavy atom. The summed E-state index contributed by atoms with van der Waals surface area (Å²) in [6.07, 6.45) is 0. The molecule has 150 valence electrons. The highest BCUT2D eigenvalue weighted by Gasteiger charge is 2.37. The van der Waals surface area contributed by atoms with E-state index >= 15 is 0 Å². The van der Waals surface area contributed by atoms with Gasteiger partial charge in [0.2, 0.25) is 11.1 Å². The second-order valence-corrected chi connectivity index (χ2v) is 8.13. The molecule has 0 spiro atoms. The topological polar surface area (TPSA) is 81.1 Å². The molecule has 0 aliphatic carbocycles. The monoisotopic (exact) mass is 409 g/mol. The zero-order valence-corrected chi connectivity index (χ0v) is 17.6. The number of aromatic nitrogens is 3. The van der Waals surface area contributed by atoms with Crippen LogP contribution in [0, 0.1) is 20.8 Å². The van der Waals surface area contributed by atoms with E-state index in [0.717, 1.165) is 34.0 Å². The van der Waals surface area contributed by atoms with Crippen LogP contribution in [0.4, 0.5) is 5.69 Å². The molecule has 0 unspecified atom stereocenters. The first kappa shape index (κ1) is 19.3. The average molecular weight is 410 g/mol. The van der Waals surface area contributed by atoms with Crippen molar-refractivity contribution in [1.82, 2.24) is 14.9 Å². The molecule has 2 heterocycles. The predicted molar refractivity (Wildman–Crippen MR) is 114 cm³/mol. The Balaban J connectivity index is 1.67. The minimum absolute atomic E-state index is 0.0797. The molecule has 1 aliphatic heterocycles. The summed E-state index contributed by atoms with van der Waals surface area (Å²) in [7, 11) is 1.64. The summed E-state index contributed by atoms with van der Waals surface area (Å²) in [6.45, 7) is 5.93. The summed E-state index contributed by atoms with van der Waals surface area (Å²) in [5, 5.41) is 11.7. The highest BCUT2D eigenvalue weighted by Crippen LogP contribution is 2.38. The third-order valence-electron chi connectivity index (χ3n) is 5.19. The fourth-order valence-electron chi connectivity index (χ4n) is 3.31. The van der Waals surface area contributed by atoms with Gasteiger partial charge < -0.3 is 15.5 Å². The minimum atomic E-state index is -0.417. The predicted octanol–water partition coefficient (Wildman–Crippen LogP) is 3.61. The number of aryl methyl sites for hydroxylation is 2. The zero-order chi connectivity index (χ0) is 20.5. The maximum atomic E-state index is 13.3. The fraction of sp³-hybridized carbons (Fsp3) is 0.286. The Morgan fingerprint density at radius 2 is 1.90 bits per heavy atom. The van der Waals surface area contributed by atoms with E-state index in [4.69, 9.17) is 4.74 Å². The molecule has 1 aliphatic rings. The molecule has 29 heavy (non-hydrogen) atoms. The number of nitrogens with one attached hydrogen (secondary N) is 2. The van der Waals surface area contributed by atoms with E-state index in [0.29, 0.717) is 5.16 Å². The fourth-order valence-corrected chi connectivity index (χ4v) is 4.44. The van der Waals surface area contributed by atoms with Crippen LogP contribution in [0.2, 0.25) is 0 Å². The van der Waals surface area contributed by atoms with Gasteiger partial charge in [0.15, 0.2) is 0 Å². The molecular weight excluding hydrogens is 386 g/mol. The van der Waals surface area contributed by atoms with Crippen LogP contribution in [0.15, 0.2) is 47.6 Å². The smallest absolute Gasteiger partial charge is 0.240 e. The van der Waals surface area contributed by atoms with Gasteiger partial charge in [-0.2, -0.15) is 0 Å². The lowest BCUT2D eigenvalue weighted by Crippen LogP contribution is -2.41. The third-order valence-corrected chi connectivity index (χ3v) is 6.41. The molecule has 0 fully saturated rings. The number of hydrogen-bond donors (Lipinski definition) is 2. The molecule has 1 amide bonds. The van der Waals surface area contributed by atoms with E-state index in [9.17, 15) is 4.79 Å². The molecule has 2 aromatic carbocycles. The summed E-state index contributed by atoms with van der Waals surface area (Å²) in [5.41, 5.74) is 7.42. The van der Waals surface area contributed by atoms with Gasteiger partial charge in [-0.05, 0) is 55.7 Å². The van der Waals surface area contributed by atoms with Crippen LogP contribution < -0.4 is 15.5 Å². The number of hydrogen-bond acceptors (Lipinski definition) is 6. The van der Waals surface area contributed by atoms with Crippen molar-refractivity contribution in [3.05, 3.63) is 65.0 Å². The van der Waals surface area contributed by atoms with Gasteiger partial charge in [0.25, 0.3) is 0 Å². The summed E-state index contributed by atoms with van der Waals surface area (Å²) < 4.78 is 7.10. The molecular formula is C21H23N5O2S. The first-order valence-corrected chi connectivity index (χ1v) is 10.2. The van der Waals surface area contributed by atoms with Crippen LogP contribution in [0.3, 0.4) is 0 Å². The van der Waals surface area contributed by atoms with Crippen molar-refractivity contribution in [1.29, 1.82) is 0 Å². The summed E-state index contributed by atoms with van der Waals surface area (Å²) in [5.74, 6) is 1.44. The molecule has 3 aromatic rings. The number of benzene rings is 2. The van der Waals surface area contributed by atoms with Crippen molar-refractivity contribution < 1.29 is 9.53 Å². The molecule has 2 atom stereocenters. The van der Waals surface area contributed by atoms with E-state index in [-0.39, 0.29) is 11.9 Å². The lowest BCUT2D eigenvalue weighted by Gasteiger charge is -2.33. The standard InChI is InChI=1S/C21H23N5O2S/c1-12-6-5-7-17(13(12)2)22-20(27)19-18(15-8-10-16(28-4)11-9-15)25-26-14(3)23-24-21(26)29-19/h5-11,18-19,25H,1-4H3,(H,22,27)/t18-,19+/m0/s1. The van der Waals surface area contributed by atoms with Crippen molar-refractivity contribution >= 4 is 23.4 Å². The normalized spacial score (nSPS) is 17.9. The number of carbonyl (C=O) groups is 1. The second-order valence-electron chi connectivity index (χ2n) is 7.02. The average Bonchev–Trinajstić information content (AvgIpc) is 3.10. The zero-order valence-electron chi connectivity index (χ0n) is 16.8. The molecule has 8 heteroatoms. The van der Waals surface area contributed by atoms with Crippen LogP contribution in [0.1, 0.15) is 28.6 Å². The SMILES string of the molecule is COc1ccc([C@@H]2Nn3c(C)nnc3S[C@H]2C(=O)Nc2cccc(C)c2C)cc1. The van der Waals surface area contributed by atoms with E-state index < -0.39 is 5.25 Å². The highest BCUT2D eigenvalue weighted by molar-refractivity contribution is 8.00. The summed E-state index contributed by atoms with van der Waals surface area (Å²) >= 11 is 1.41. The van der Waals surface area contributed by atoms with E-state index in [1.165, 1.54) is 11.8 Å². The Bertz CT molecular complexity index is 1050. The largest absolute Gasteiger partial charge is 0.497 e. The molecule has 0 saturated heterocycles. The van der Waals surface area contributed by atoms with Crippen LogP contribution in [-0.2, 0) is 4.79 Å². The minimum Gasteiger partial charge on any atom is -0.497 e. The van der Waals surface area contributed by atoms with E-state index in [1.807, 2.05) is 67.9 Å². The number of amides is 1. The summed E-state index contributed by atoms with van der Waals surface area (Å²) in [4.78, 5) is 13.3. The Hall–Kier alpha value is -3.00. The van der Waals surface area contributed by atoms with Gasteiger partial charge in [-0.3, -0.25) is 4.79 Å². The molecule has 2 N–H and O–H groups in total. The lowest BCUT2D eigenvalue weighted by molar-refractivity contribution is -0.116.